The van der Waals surface area contributed by atoms with Crippen molar-refractivity contribution < 1.29 is 4.74 Å². The van der Waals surface area contributed by atoms with E-state index >= 15 is 0 Å². The number of fused-ring (bicyclic) bond motifs is 1. The van der Waals surface area contributed by atoms with E-state index in [4.69, 9.17) is 4.74 Å². The molecule has 1 fully saturated rings. The molecule has 0 radical (unpaired) electrons. The Morgan fingerprint density at radius 2 is 2.00 bits per heavy atom. The third-order valence-corrected chi connectivity index (χ3v) is 3.58. The molecule has 0 aromatic heterocycles. The Balaban J connectivity index is 1.81. The van der Waals surface area contributed by atoms with Crippen LogP contribution in [0.25, 0.3) is 0 Å². The lowest BCUT2D eigenvalue weighted by Gasteiger charge is -2.38. The number of nitrogens with one attached hydrogen (secondary N) is 1. The molecule has 1 N–H and O–H groups in total. The molecule has 15 heavy (non-hydrogen) atoms. The minimum absolute atomic E-state index is 0.111. The average Bonchev–Trinajstić information content (AvgIpc) is 2.62. The summed E-state index contributed by atoms with van der Waals surface area (Å²) >= 11 is 0. The van der Waals surface area contributed by atoms with Gasteiger partial charge in [-0.05, 0) is 49.4 Å². The van der Waals surface area contributed by atoms with Crippen LogP contribution in [0.5, 0.6) is 5.75 Å². The van der Waals surface area contributed by atoms with Gasteiger partial charge < -0.3 is 10.1 Å². The molecule has 0 atom stereocenters. The van der Waals surface area contributed by atoms with Gasteiger partial charge in [-0.1, -0.05) is 6.07 Å². The highest BCUT2D eigenvalue weighted by Gasteiger charge is 2.34. The van der Waals surface area contributed by atoms with E-state index in [1.165, 1.54) is 30.4 Å². The first-order valence-electron chi connectivity index (χ1n) is 5.77. The van der Waals surface area contributed by atoms with E-state index in [2.05, 4.69) is 30.4 Å². The zero-order valence-electron chi connectivity index (χ0n) is 9.18. The lowest BCUT2D eigenvalue weighted by atomic mass is 9.82. The molecule has 0 unspecified atom stereocenters. The number of benzene rings is 1. The SMILES string of the molecule is CC1(Oc2ccc3c(c2)CNC3)CCC1. The Morgan fingerprint density at radius 3 is 2.73 bits per heavy atom. The minimum Gasteiger partial charge on any atom is -0.488 e. The van der Waals surface area contributed by atoms with Gasteiger partial charge in [0.25, 0.3) is 0 Å². The van der Waals surface area contributed by atoms with E-state index in [0.717, 1.165) is 18.8 Å². The van der Waals surface area contributed by atoms with Gasteiger partial charge in [0, 0.05) is 13.1 Å². The molecule has 0 amide bonds. The molecule has 80 valence electrons. The zero-order valence-corrected chi connectivity index (χ0v) is 9.18. The maximum Gasteiger partial charge on any atom is 0.120 e. The van der Waals surface area contributed by atoms with Crippen molar-refractivity contribution in [1.29, 1.82) is 0 Å². The maximum atomic E-state index is 6.04. The number of hydrogen-bond acceptors (Lipinski definition) is 2. The van der Waals surface area contributed by atoms with Crippen molar-refractivity contribution in [2.45, 2.75) is 44.9 Å². The number of hydrogen-bond donors (Lipinski definition) is 1. The topological polar surface area (TPSA) is 21.3 Å². The average molecular weight is 203 g/mol. The molecule has 2 heteroatoms. The van der Waals surface area contributed by atoms with Crippen LogP contribution in [-0.4, -0.2) is 5.60 Å². The van der Waals surface area contributed by atoms with Crippen molar-refractivity contribution in [2.75, 3.05) is 0 Å². The molecule has 1 saturated carbocycles. The van der Waals surface area contributed by atoms with Crippen molar-refractivity contribution in [3.05, 3.63) is 29.3 Å². The van der Waals surface area contributed by atoms with E-state index in [1.807, 2.05) is 0 Å². The molecule has 0 saturated heterocycles. The molecular formula is C13H17NO. The van der Waals surface area contributed by atoms with Crippen LogP contribution in [0, 0.1) is 0 Å². The highest BCUT2D eigenvalue weighted by Crippen LogP contribution is 2.36. The monoisotopic (exact) mass is 203 g/mol. The minimum atomic E-state index is 0.111. The Labute approximate surface area is 90.6 Å². The number of ether oxygens (including phenoxy) is 1. The molecule has 3 rings (SSSR count). The van der Waals surface area contributed by atoms with Crippen LogP contribution in [0.4, 0.5) is 0 Å². The molecule has 2 aliphatic rings. The van der Waals surface area contributed by atoms with Gasteiger partial charge >= 0.3 is 0 Å². The lowest BCUT2D eigenvalue weighted by Crippen LogP contribution is -2.39. The third kappa shape index (κ3) is 1.63. The predicted octanol–water partition coefficient (Wildman–Crippen LogP) is 2.61. The molecule has 1 aromatic rings. The molecule has 1 aromatic carbocycles. The van der Waals surface area contributed by atoms with Crippen LogP contribution in [0.1, 0.15) is 37.3 Å². The highest BCUT2D eigenvalue weighted by molar-refractivity contribution is 5.38. The summed E-state index contributed by atoms with van der Waals surface area (Å²) in [5.74, 6) is 1.04. The fourth-order valence-corrected chi connectivity index (χ4v) is 2.40. The summed E-state index contributed by atoms with van der Waals surface area (Å²) in [4.78, 5) is 0. The third-order valence-electron chi connectivity index (χ3n) is 3.58. The van der Waals surface area contributed by atoms with Gasteiger partial charge in [-0.2, -0.15) is 0 Å². The summed E-state index contributed by atoms with van der Waals surface area (Å²) < 4.78 is 6.04. The summed E-state index contributed by atoms with van der Waals surface area (Å²) in [7, 11) is 0. The van der Waals surface area contributed by atoms with Gasteiger partial charge in [0.2, 0.25) is 0 Å². The molecule has 2 nitrogen and oxygen atoms in total. The van der Waals surface area contributed by atoms with Crippen molar-refractivity contribution in [3.8, 4) is 5.75 Å². The van der Waals surface area contributed by atoms with Crippen LogP contribution < -0.4 is 10.1 Å². The summed E-state index contributed by atoms with van der Waals surface area (Å²) in [6, 6.07) is 6.49. The molecule has 0 spiro atoms. The molecular weight excluding hydrogens is 186 g/mol. The maximum absolute atomic E-state index is 6.04. The first kappa shape index (κ1) is 9.22. The van der Waals surface area contributed by atoms with Crippen LogP contribution in [0.3, 0.4) is 0 Å². The van der Waals surface area contributed by atoms with Gasteiger partial charge in [0.1, 0.15) is 11.4 Å². The lowest BCUT2D eigenvalue weighted by molar-refractivity contribution is 0.0112. The Kier molecular flexibility index (Phi) is 1.99. The van der Waals surface area contributed by atoms with Gasteiger partial charge in [-0.25, -0.2) is 0 Å². The predicted molar refractivity (Wildman–Crippen MR) is 59.9 cm³/mol. The molecule has 1 aliphatic heterocycles. The normalized spacial score (nSPS) is 21.9. The van der Waals surface area contributed by atoms with Gasteiger partial charge in [-0.3, -0.25) is 0 Å². The van der Waals surface area contributed by atoms with Gasteiger partial charge in [0.05, 0.1) is 0 Å². The zero-order chi connectivity index (χ0) is 10.3. The first-order valence-corrected chi connectivity index (χ1v) is 5.77. The second kappa shape index (κ2) is 3.24. The Morgan fingerprint density at radius 1 is 1.20 bits per heavy atom. The van der Waals surface area contributed by atoms with Crippen LogP contribution >= 0.6 is 0 Å². The summed E-state index contributed by atoms with van der Waals surface area (Å²) in [5, 5.41) is 3.35. The van der Waals surface area contributed by atoms with E-state index < -0.39 is 0 Å². The number of rotatable bonds is 2. The van der Waals surface area contributed by atoms with Gasteiger partial charge in [0.15, 0.2) is 0 Å². The van der Waals surface area contributed by atoms with E-state index in [0.29, 0.717) is 0 Å². The largest absolute Gasteiger partial charge is 0.488 e. The highest BCUT2D eigenvalue weighted by atomic mass is 16.5. The fraction of sp³-hybridized carbons (Fsp3) is 0.538. The summed E-state index contributed by atoms with van der Waals surface area (Å²) in [5.41, 5.74) is 2.93. The Bertz CT molecular complexity index is 382. The fourth-order valence-electron chi connectivity index (χ4n) is 2.40. The van der Waals surface area contributed by atoms with Crippen LogP contribution in [-0.2, 0) is 13.1 Å². The van der Waals surface area contributed by atoms with Crippen LogP contribution in [0.2, 0.25) is 0 Å². The van der Waals surface area contributed by atoms with Gasteiger partial charge in [-0.15, -0.1) is 0 Å². The van der Waals surface area contributed by atoms with Crippen molar-refractivity contribution in [1.82, 2.24) is 5.32 Å². The molecule has 1 aliphatic carbocycles. The molecule has 1 heterocycles. The molecule has 0 bridgehead atoms. The summed E-state index contributed by atoms with van der Waals surface area (Å²) in [6.45, 7) is 4.21. The second-order valence-corrected chi connectivity index (χ2v) is 4.94. The first-order chi connectivity index (χ1) is 7.25. The Hall–Kier alpha value is -1.02. The summed E-state index contributed by atoms with van der Waals surface area (Å²) in [6.07, 6.45) is 3.70. The quantitative estimate of drug-likeness (QED) is 0.797. The van der Waals surface area contributed by atoms with Crippen molar-refractivity contribution in [3.63, 3.8) is 0 Å². The van der Waals surface area contributed by atoms with Crippen LogP contribution in [0.15, 0.2) is 18.2 Å². The van der Waals surface area contributed by atoms with E-state index in [1.54, 1.807) is 0 Å². The smallest absolute Gasteiger partial charge is 0.120 e. The van der Waals surface area contributed by atoms with Crippen molar-refractivity contribution in [2.24, 2.45) is 0 Å². The van der Waals surface area contributed by atoms with E-state index in [-0.39, 0.29) is 5.60 Å². The standard InChI is InChI=1S/C13H17NO/c1-13(5-2-6-13)15-12-4-3-10-8-14-9-11(10)7-12/h3-4,7,14H,2,5-6,8-9H2,1H3. The van der Waals surface area contributed by atoms with E-state index in [9.17, 15) is 0 Å². The van der Waals surface area contributed by atoms with Crippen molar-refractivity contribution >= 4 is 0 Å². The second-order valence-electron chi connectivity index (χ2n) is 4.94.